The van der Waals surface area contributed by atoms with E-state index in [1.165, 1.54) is 50.4 Å². The molecule has 1 heterocycles. The van der Waals surface area contributed by atoms with Crippen LogP contribution in [-0.2, 0) is 24.3 Å². The van der Waals surface area contributed by atoms with Crippen LogP contribution in [0, 0.1) is 0 Å². The van der Waals surface area contributed by atoms with Crippen molar-refractivity contribution in [1.82, 2.24) is 9.21 Å². The van der Waals surface area contributed by atoms with E-state index in [2.05, 4.69) is 15.9 Å². The quantitative estimate of drug-likeness (QED) is 0.340. The van der Waals surface area contributed by atoms with Gasteiger partial charge in [0.25, 0.3) is 11.7 Å². The minimum Gasteiger partial charge on any atom is -0.507 e. The SMILES string of the molecule is COCCN1C(=O)C(=O)C(=C(O)c2ccc(S(=O)(=O)N(C)C)cc2)[C@H]1c1cccc(Br)c1. The highest BCUT2D eigenvalue weighted by atomic mass is 79.9. The third-order valence-electron chi connectivity index (χ3n) is 5.15. The van der Waals surface area contributed by atoms with Gasteiger partial charge in [-0.1, -0.05) is 28.1 Å². The Bertz CT molecular complexity index is 1180. The van der Waals surface area contributed by atoms with E-state index in [1.54, 1.807) is 18.2 Å². The number of hydrogen-bond acceptors (Lipinski definition) is 6. The van der Waals surface area contributed by atoms with Gasteiger partial charge in [0.2, 0.25) is 10.0 Å². The minimum atomic E-state index is -3.65. The third-order valence-corrected chi connectivity index (χ3v) is 7.47. The third kappa shape index (κ3) is 4.49. The molecule has 1 fully saturated rings. The van der Waals surface area contributed by atoms with Crippen molar-refractivity contribution in [2.45, 2.75) is 10.9 Å². The van der Waals surface area contributed by atoms with Crippen molar-refractivity contribution < 1.29 is 27.9 Å². The van der Waals surface area contributed by atoms with Crippen LogP contribution >= 0.6 is 15.9 Å². The molecule has 1 aliphatic rings. The van der Waals surface area contributed by atoms with Crippen LogP contribution in [0.15, 0.2) is 63.5 Å². The van der Waals surface area contributed by atoms with Crippen molar-refractivity contribution in [1.29, 1.82) is 0 Å². The van der Waals surface area contributed by atoms with Gasteiger partial charge in [-0.2, -0.15) is 0 Å². The van der Waals surface area contributed by atoms with Gasteiger partial charge < -0.3 is 14.7 Å². The molecule has 170 valence electrons. The molecule has 1 aliphatic heterocycles. The molecule has 2 aromatic rings. The Kier molecular flexibility index (Phi) is 7.19. The molecule has 0 aliphatic carbocycles. The number of aliphatic hydroxyl groups excluding tert-OH is 1. The molecule has 0 radical (unpaired) electrons. The number of carbonyl (C=O) groups excluding carboxylic acids is 2. The van der Waals surface area contributed by atoms with E-state index in [0.717, 1.165) is 8.78 Å². The number of ether oxygens (including phenoxy) is 1. The summed E-state index contributed by atoms with van der Waals surface area (Å²) in [5.74, 6) is -1.92. The van der Waals surface area contributed by atoms with Gasteiger partial charge in [0.15, 0.2) is 0 Å². The summed E-state index contributed by atoms with van der Waals surface area (Å²) in [4.78, 5) is 27.1. The molecular formula is C22H23BrN2O6S. The Labute approximate surface area is 195 Å². The lowest BCUT2D eigenvalue weighted by molar-refractivity contribution is -0.140. The molecule has 8 nitrogen and oxygen atoms in total. The van der Waals surface area contributed by atoms with Crippen molar-refractivity contribution in [3.05, 3.63) is 69.7 Å². The molecule has 0 bridgehead atoms. The standard InChI is InChI=1S/C22H23BrN2O6S/c1-24(2)32(29,30)17-9-7-14(8-10-17)20(26)18-19(15-5-4-6-16(23)13-15)25(11-12-31-3)22(28)21(18)27/h4-10,13,19,26H,11-12H2,1-3H3/t19-/m1/s1. The highest BCUT2D eigenvalue weighted by Gasteiger charge is 2.45. The van der Waals surface area contributed by atoms with Crippen LogP contribution in [0.2, 0.25) is 0 Å². The largest absolute Gasteiger partial charge is 0.507 e. The molecule has 1 N–H and O–H groups in total. The summed E-state index contributed by atoms with van der Waals surface area (Å²) in [6.07, 6.45) is 0. The van der Waals surface area contributed by atoms with Gasteiger partial charge in [-0.3, -0.25) is 9.59 Å². The van der Waals surface area contributed by atoms with Crippen LogP contribution in [0.4, 0.5) is 0 Å². The Morgan fingerprint density at radius 2 is 1.81 bits per heavy atom. The molecule has 1 saturated heterocycles. The predicted molar refractivity (Wildman–Crippen MR) is 122 cm³/mol. The summed E-state index contributed by atoms with van der Waals surface area (Å²) in [6.45, 7) is 0.379. The number of likely N-dealkylation sites (tertiary alicyclic amines) is 1. The van der Waals surface area contributed by atoms with Crippen LogP contribution in [0.5, 0.6) is 0 Å². The van der Waals surface area contributed by atoms with Gasteiger partial charge in [-0.05, 0) is 42.0 Å². The number of carbonyl (C=O) groups is 2. The zero-order valence-corrected chi connectivity index (χ0v) is 20.2. The minimum absolute atomic E-state index is 0.0446. The highest BCUT2D eigenvalue weighted by molar-refractivity contribution is 9.10. The summed E-state index contributed by atoms with van der Waals surface area (Å²) in [6, 6.07) is 11.8. The lowest BCUT2D eigenvalue weighted by Crippen LogP contribution is -2.32. The lowest BCUT2D eigenvalue weighted by Gasteiger charge is -2.25. The average Bonchev–Trinajstić information content (AvgIpc) is 3.02. The maximum absolute atomic E-state index is 12.9. The molecule has 0 aromatic heterocycles. The van der Waals surface area contributed by atoms with Gasteiger partial charge in [-0.25, -0.2) is 12.7 Å². The summed E-state index contributed by atoms with van der Waals surface area (Å²) in [5, 5.41) is 11.0. The highest BCUT2D eigenvalue weighted by Crippen LogP contribution is 2.40. The van der Waals surface area contributed by atoms with Gasteiger partial charge >= 0.3 is 0 Å². The molecule has 0 saturated carbocycles. The Morgan fingerprint density at radius 1 is 1.16 bits per heavy atom. The Balaban J connectivity index is 2.13. The maximum Gasteiger partial charge on any atom is 0.295 e. The normalized spacial score (nSPS) is 18.5. The monoisotopic (exact) mass is 522 g/mol. The first kappa shape index (κ1) is 24.1. The number of nitrogens with zero attached hydrogens (tertiary/aromatic N) is 2. The molecular weight excluding hydrogens is 500 g/mol. The first-order valence-corrected chi connectivity index (χ1v) is 11.9. The lowest BCUT2D eigenvalue weighted by atomic mass is 9.95. The van der Waals surface area contributed by atoms with E-state index >= 15 is 0 Å². The van der Waals surface area contributed by atoms with E-state index in [1.807, 2.05) is 6.07 Å². The fourth-order valence-electron chi connectivity index (χ4n) is 3.47. The molecule has 32 heavy (non-hydrogen) atoms. The van der Waals surface area contributed by atoms with Crippen molar-refractivity contribution in [2.75, 3.05) is 34.4 Å². The van der Waals surface area contributed by atoms with Crippen LogP contribution < -0.4 is 0 Å². The molecule has 0 unspecified atom stereocenters. The zero-order valence-electron chi connectivity index (χ0n) is 17.8. The fourth-order valence-corrected chi connectivity index (χ4v) is 4.79. The van der Waals surface area contributed by atoms with Crippen molar-refractivity contribution in [3.8, 4) is 0 Å². The van der Waals surface area contributed by atoms with Gasteiger partial charge in [0.05, 0.1) is 23.1 Å². The number of amides is 1. The number of rotatable bonds is 7. The van der Waals surface area contributed by atoms with E-state index in [0.29, 0.717) is 5.56 Å². The molecule has 10 heteroatoms. The topological polar surface area (TPSA) is 104 Å². The van der Waals surface area contributed by atoms with Gasteiger partial charge in [0, 0.05) is 37.8 Å². The van der Waals surface area contributed by atoms with Crippen LogP contribution in [0.25, 0.3) is 5.76 Å². The Hall–Kier alpha value is -2.53. The first-order valence-electron chi connectivity index (χ1n) is 9.65. The molecule has 0 spiro atoms. The molecule has 2 aromatic carbocycles. The molecule has 1 atom stereocenters. The van der Waals surface area contributed by atoms with Gasteiger partial charge in [-0.15, -0.1) is 0 Å². The predicted octanol–water partition coefficient (Wildman–Crippen LogP) is 2.77. The first-order chi connectivity index (χ1) is 15.1. The number of methoxy groups -OCH3 is 1. The summed E-state index contributed by atoms with van der Waals surface area (Å²) >= 11 is 3.40. The van der Waals surface area contributed by atoms with Gasteiger partial charge in [0.1, 0.15) is 5.76 Å². The average molecular weight is 523 g/mol. The van der Waals surface area contributed by atoms with E-state index in [4.69, 9.17) is 4.74 Å². The second-order valence-corrected chi connectivity index (χ2v) is 10.4. The van der Waals surface area contributed by atoms with E-state index in [9.17, 15) is 23.1 Å². The summed E-state index contributed by atoms with van der Waals surface area (Å²) in [5.41, 5.74) is 0.808. The van der Waals surface area contributed by atoms with Crippen LogP contribution in [0.3, 0.4) is 0 Å². The number of halogens is 1. The number of Topliss-reactive ketones (excluding diaryl/α,β-unsaturated/α-hetero) is 1. The number of benzene rings is 2. The van der Waals surface area contributed by atoms with Crippen LogP contribution in [-0.4, -0.2) is 68.8 Å². The maximum atomic E-state index is 12.9. The summed E-state index contributed by atoms with van der Waals surface area (Å²) in [7, 11) is 0.685. The second kappa shape index (κ2) is 9.53. The fraction of sp³-hybridized carbons (Fsp3) is 0.273. The number of aliphatic hydroxyl groups is 1. The van der Waals surface area contributed by atoms with Crippen LogP contribution in [0.1, 0.15) is 17.2 Å². The van der Waals surface area contributed by atoms with Crippen molar-refractivity contribution in [2.24, 2.45) is 0 Å². The molecule has 1 amide bonds. The van der Waals surface area contributed by atoms with Crippen molar-refractivity contribution >= 4 is 43.4 Å². The second-order valence-electron chi connectivity index (χ2n) is 7.35. The summed E-state index contributed by atoms with van der Waals surface area (Å²) < 4.78 is 31.5. The Morgan fingerprint density at radius 3 is 2.38 bits per heavy atom. The van der Waals surface area contributed by atoms with Crippen molar-refractivity contribution in [3.63, 3.8) is 0 Å². The number of hydrogen-bond donors (Lipinski definition) is 1. The smallest absolute Gasteiger partial charge is 0.295 e. The molecule has 3 rings (SSSR count). The number of sulfonamides is 1. The zero-order chi connectivity index (χ0) is 23.6. The number of ketones is 1. The van der Waals surface area contributed by atoms with E-state index in [-0.39, 0.29) is 34.9 Å². The van der Waals surface area contributed by atoms with E-state index < -0.39 is 27.8 Å².